The van der Waals surface area contributed by atoms with Gasteiger partial charge >= 0.3 is 0 Å². The molecule has 0 saturated heterocycles. The van der Waals surface area contributed by atoms with Crippen molar-refractivity contribution < 1.29 is 9.21 Å². The lowest BCUT2D eigenvalue weighted by Gasteiger charge is -2.25. The normalized spacial score (nSPS) is 15.4. The van der Waals surface area contributed by atoms with E-state index in [0.717, 1.165) is 29.8 Å². The molecule has 0 aliphatic heterocycles. The molecule has 2 aromatic rings. The standard InChI is InChI=1S/C16H21N3O2/c1-3-16(17,4-2)15(20)18-11-7-8-13-12(9-11)19-14(21-13)10-5-6-10/h7-10H,3-6,17H2,1-2H3,(H,18,20). The molecule has 1 heterocycles. The van der Waals surface area contributed by atoms with Crippen LogP contribution in [0.25, 0.3) is 11.1 Å². The van der Waals surface area contributed by atoms with Crippen molar-refractivity contribution >= 4 is 22.7 Å². The minimum atomic E-state index is -0.821. The van der Waals surface area contributed by atoms with E-state index >= 15 is 0 Å². The van der Waals surface area contributed by atoms with Crippen molar-refractivity contribution in [3.8, 4) is 0 Å². The highest BCUT2D eigenvalue weighted by Crippen LogP contribution is 2.40. The van der Waals surface area contributed by atoms with E-state index < -0.39 is 5.54 Å². The third-order valence-electron chi connectivity index (χ3n) is 4.30. The first kappa shape index (κ1) is 14.1. The number of fused-ring (bicyclic) bond motifs is 1. The Morgan fingerprint density at radius 3 is 2.76 bits per heavy atom. The van der Waals surface area contributed by atoms with Crippen LogP contribution < -0.4 is 11.1 Å². The average Bonchev–Trinajstić information content (AvgIpc) is 3.26. The van der Waals surface area contributed by atoms with Crippen LogP contribution in [0.5, 0.6) is 0 Å². The summed E-state index contributed by atoms with van der Waals surface area (Å²) in [5, 5.41) is 2.89. The summed E-state index contributed by atoms with van der Waals surface area (Å²) >= 11 is 0. The SMILES string of the molecule is CCC(N)(CC)C(=O)Nc1ccc2oc(C3CC3)nc2c1. The molecule has 0 atom stereocenters. The lowest BCUT2D eigenvalue weighted by Crippen LogP contribution is -2.50. The van der Waals surface area contributed by atoms with Crippen molar-refractivity contribution in [1.29, 1.82) is 0 Å². The molecule has 1 aromatic carbocycles. The smallest absolute Gasteiger partial charge is 0.244 e. The molecule has 1 saturated carbocycles. The van der Waals surface area contributed by atoms with Crippen LogP contribution in [0.1, 0.15) is 51.3 Å². The molecule has 3 rings (SSSR count). The van der Waals surface area contributed by atoms with Crippen LogP contribution in [0.15, 0.2) is 22.6 Å². The monoisotopic (exact) mass is 287 g/mol. The van der Waals surface area contributed by atoms with Gasteiger partial charge in [0, 0.05) is 11.6 Å². The van der Waals surface area contributed by atoms with Gasteiger partial charge in [-0.25, -0.2) is 4.98 Å². The second-order valence-corrected chi connectivity index (χ2v) is 5.83. The minimum absolute atomic E-state index is 0.155. The summed E-state index contributed by atoms with van der Waals surface area (Å²) < 4.78 is 5.71. The van der Waals surface area contributed by atoms with Crippen molar-refractivity contribution in [1.82, 2.24) is 4.98 Å². The van der Waals surface area contributed by atoms with E-state index in [-0.39, 0.29) is 5.91 Å². The van der Waals surface area contributed by atoms with Crippen LogP contribution in [-0.4, -0.2) is 16.4 Å². The molecule has 112 valence electrons. The van der Waals surface area contributed by atoms with Gasteiger partial charge in [0.2, 0.25) is 5.91 Å². The highest BCUT2D eigenvalue weighted by molar-refractivity contribution is 5.99. The van der Waals surface area contributed by atoms with E-state index in [9.17, 15) is 4.79 Å². The number of hydrogen-bond acceptors (Lipinski definition) is 4. The Hall–Kier alpha value is -1.88. The first-order valence-corrected chi connectivity index (χ1v) is 7.56. The Labute approximate surface area is 123 Å². The molecule has 3 N–H and O–H groups in total. The molecule has 1 amide bonds. The van der Waals surface area contributed by atoms with Crippen molar-refractivity contribution in [3.05, 3.63) is 24.1 Å². The van der Waals surface area contributed by atoms with E-state index in [0.29, 0.717) is 24.4 Å². The van der Waals surface area contributed by atoms with E-state index in [1.165, 1.54) is 0 Å². The van der Waals surface area contributed by atoms with Gasteiger partial charge in [-0.2, -0.15) is 0 Å². The molecule has 0 radical (unpaired) electrons. The van der Waals surface area contributed by atoms with E-state index in [1.807, 2.05) is 32.0 Å². The fourth-order valence-corrected chi connectivity index (χ4v) is 2.35. The third-order valence-corrected chi connectivity index (χ3v) is 4.30. The largest absolute Gasteiger partial charge is 0.440 e. The Bertz CT molecular complexity index is 669. The Morgan fingerprint density at radius 2 is 2.14 bits per heavy atom. The van der Waals surface area contributed by atoms with Gasteiger partial charge in [-0.15, -0.1) is 0 Å². The van der Waals surface area contributed by atoms with Crippen LogP contribution in [0.3, 0.4) is 0 Å². The van der Waals surface area contributed by atoms with E-state index in [2.05, 4.69) is 10.3 Å². The Balaban J connectivity index is 1.82. The number of oxazole rings is 1. The Kier molecular flexibility index (Phi) is 3.45. The molecule has 1 aliphatic carbocycles. The number of benzene rings is 1. The lowest BCUT2D eigenvalue weighted by atomic mass is 9.93. The van der Waals surface area contributed by atoms with Gasteiger partial charge in [0.1, 0.15) is 5.52 Å². The molecule has 5 nitrogen and oxygen atoms in total. The molecule has 5 heteroatoms. The molecule has 0 spiro atoms. The maximum Gasteiger partial charge on any atom is 0.244 e. The van der Waals surface area contributed by atoms with Gasteiger partial charge in [-0.05, 0) is 43.9 Å². The average molecular weight is 287 g/mol. The summed E-state index contributed by atoms with van der Waals surface area (Å²) in [6.45, 7) is 3.84. The van der Waals surface area contributed by atoms with Crippen LogP contribution in [-0.2, 0) is 4.79 Å². The van der Waals surface area contributed by atoms with Crippen molar-refractivity contribution in [2.24, 2.45) is 5.73 Å². The van der Waals surface area contributed by atoms with Gasteiger partial charge < -0.3 is 15.5 Å². The number of nitrogens with two attached hydrogens (primary N) is 1. The quantitative estimate of drug-likeness (QED) is 0.885. The highest BCUT2D eigenvalue weighted by Gasteiger charge is 2.30. The lowest BCUT2D eigenvalue weighted by molar-refractivity contribution is -0.121. The maximum atomic E-state index is 12.3. The maximum absolute atomic E-state index is 12.3. The van der Waals surface area contributed by atoms with Crippen molar-refractivity contribution in [2.45, 2.75) is 51.0 Å². The fourth-order valence-electron chi connectivity index (χ4n) is 2.35. The Morgan fingerprint density at radius 1 is 1.43 bits per heavy atom. The van der Waals surface area contributed by atoms with Gasteiger partial charge in [-0.3, -0.25) is 4.79 Å². The number of amides is 1. The zero-order valence-corrected chi connectivity index (χ0v) is 12.5. The molecular formula is C16H21N3O2. The zero-order valence-electron chi connectivity index (χ0n) is 12.5. The summed E-state index contributed by atoms with van der Waals surface area (Å²) in [7, 11) is 0. The summed E-state index contributed by atoms with van der Waals surface area (Å²) in [5.41, 5.74) is 7.54. The number of nitrogens with zero attached hydrogens (tertiary/aromatic N) is 1. The fraction of sp³-hybridized carbons (Fsp3) is 0.500. The first-order chi connectivity index (χ1) is 10.1. The number of anilines is 1. The third kappa shape index (κ3) is 2.65. The number of carbonyl (C=O) groups excluding carboxylic acids is 1. The second kappa shape index (κ2) is 5.15. The molecule has 1 aromatic heterocycles. The van der Waals surface area contributed by atoms with Crippen LogP contribution >= 0.6 is 0 Å². The van der Waals surface area contributed by atoms with Crippen LogP contribution in [0, 0.1) is 0 Å². The van der Waals surface area contributed by atoms with Gasteiger partial charge in [-0.1, -0.05) is 13.8 Å². The summed E-state index contributed by atoms with van der Waals surface area (Å²) in [5.74, 6) is 1.13. The molecule has 1 aliphatic rings. The number of rotatable bonds is 5. The molecule has 0 unspecified atom stereocenters. The predicted molar refractivity (Wildman–Crippen MR) is 82.1 cm³/mol. The number of nitrogens with one attached hydrogen (secondary N) is 1. The van der Waals surface area contributed by atoms with Gasteiger partial charge in [0.05, 0.1) is 5.54 Å². The number of aromatic nitrogens is 1. The van der Waals surface area contributed by atoms with Crippen LogP contribution in [0.4, 0.5) is 5.69 Å². The number of carbonyl (C=O) groups is 1. The van der Waals surface area contributed by atoms with Crippen molar-refractivity contribution in [3.63, 3.8) is 0 Å². The highest BCUT2D eigenvalue weighted by atomic mass is 16.3. The number of hydrogen-bond donors (Lipinski definition) is 2. The summed E-state index contributed by atoms with van der Waals surface area (Å²) in [6.07, 6.45) is 3.51. The second-order valence-electron chi connectivity index (χ2n) is 5.83. The van der Waals surface area contributed by atoms with Crippen molar-refractivity contribution in [2.75, 3.05) is 5.32 Å². The summed E-state index contributed by atoms with van der Waals surface area (Å²) in [6, 6.07) is 5.52. The minimum Gasteiger partial charge on any atom is -0.440 e. The summed E-state index contributed by atoms with van der Waals surface area (Å²) in [4.78, 5) is 16.8. The molecular weight excluding hydrogens is 266 g/mol. The van der Waals surface area contributed by atoms with E-state index in [1.54, 1.807) is 0 Å². The molecule has 0 bridgehead atoms. The molecule has 21 heavy (non-hydrogen) atoms. The van der Waals surface area contributed by atoms with Gasteiger partial charge in [0.25, 0.3) is 0 Å². The van der Waals surface area contributed by atoms with Gasteiger partial charge in [0.15, 0.2) is 11.5 Å². The molecule has 1 fully saturated rings. The zero-order chi connectivity index (χ0) is 15.0. The van der Waals surface area contributed by atoms with Crippen LogP contribution in [0.2, 0.25) is 0 Å². The van der Waals surface area contributed by atoms with E-state index in [4.69, 9.17) is 10.2 Å². The topological polar surface area (TPSA) is 81.2 Å². The predicted octanol–water partition coefficient (Wildman–Crippen LogP) is 3.16. The first-order valence-electron chi connectivity index (χ1n) is 7.56.